The van der Waals surface area contributed by atoms with Crippen molar-refractivity contribution < 1.29 is 9.90 Å². The zero-order valence-electron chi connectivity index (χ0n) is 9.79. The molecular formula is C13H14N2O2. The van der Waals surface area contributed by atoms with Crippen molar-refractivity contribution >= 4 is 5.97 Å². The van der Waals surface area contributed by atoms with Crippen LogP contribution in [0.3, 0.4) is 0 Å². The Bertz CT molecular complexity index is 532. The van der Waals surface area contributed by atoms with E-state index in [1.807, 2.05) is 37.3 Å². The summed E-state index contributed by atoms with van der Waals surface area (Å²) in [5.41, 5.74) is 2.43. The van der Waals surface area contributed by atoms with Crippen molar-refractivity contribution in [2.75, 3.05) is 0 Å². The van der Waals surface area contributed by atoms with Gasteiger partial charge in [0, 0.05) is 11.8 Å². The summed E-state index contributed by atoms with van der Waals surface area (Å²) >= 11 is 0. The topological polar surface area (TPSA) is 55.1 Å². The van der Waals surface area contributed by atoms with E-state index in [0.717, 1.165) is 16.9 Å². The SMILES string of the molecule is Cc1nn(-c2ccccc2)cc1C(C)C(=O)O. The Labute approximate surface area is 99.5 Å². The van der Waals surface area contributed by atoms with Crippen LogP contribution in [0.4, 0.5) is 0 Å². The van der Waals surface area contributed by atoms with Gasteiger partial charge < -0.3 is 5.11 Å². The van der Waals surface area contributed by atoms with Gasteiger partial charge in [0.2, 0.25) is 0 Å². The van der Waals surface area contributed by atoms with Gasteiger partial charge in [-0.2, -0.15) is 5.10 Å². The monoisotopic (exact) mass is 230 g/mol. The van der Waals surface area contributed by atoms with E-state index in [1.54, 1.807) is 17.8 Å². The number of rotatable bonds is 3. The lowest BCUT2D eigenvalue weighted by atomic mass is 10.0. The second kappa shape index (κ2) is 4.41. The third kappa shape index (κ3) is 2.20. The molecule has 0 fully saturated rings. The lowest BCUT2D eigenvalue weighted by Crippen LogP contribution is -2.07. The Hall–Kier alpha value is -2.10. The summed E-state index contributed by atoms with van der Waals surface area (Å²) in [7, 11) is 0. The first-order valence-electron chi connectivity index (χ1n) is 5.44. The van der Waals surface area contributed by atoms with Crippen LogP contribution in [0.25, 0.3) is 5.69 Å². The fourth-order valence-electron chi connectivity index (χ4n) is 1.74. The number of carboxylic acids is 1. The van der Waals surface area contributed by atoms with Crippen LogP contribution < -0.4 is 0 Å². The molecule has 4 heteroatoms. The van der Waals surface area contributed by atoms with Gasteiger partial charge in [-0.05, 0) is 26.0 Å². The van der Waals surface area contributed by atoms with Crippen LogP contribution in [0.2, 0.25) is 0 Å². The quantitative estimate of drug-likeness (QED) is 0.880. The summed E-state index contributed by atoms with van der Waals surface area (Å²) in [5.74, 6) is -1.37. The first-order chi connectivity index (χ1) is 8.09. The highest BCUT2D eigenvalue weighted by atomic mass is 16.4. The lowest BCUT2D eigenvalue weighted by Gasteiger charge is -2.02. The first-order valence-corrected chi connectivity index (χ1v) is 5.44. The second-order valence-corrected chi connectivity index (χ2v) is 4.01. The molecule has 1 aromatic carbocycles. The van der Waals surface area contributed by atoms with Crippen molar-refractivity contribution in [1.29, 1.82) is 0 Å². The summed E-state index contributed by atoms with van der Waals surface area (Å²) in [4.78, 5) is 11.0. The van der Waals surface area contributed by atoms with Crippen molar-refractivity contribution in [3.8, 4) is 5.69 Å². The van der Waals surface area contributed by atoms with Crippen molar-refractivity contribution in [3.05, 3.63) is 47.8 Å². The molecule has 1 heterocycles. The Morgan fingerprint density at radius 2 is 2.00 bits per heavy atom. The summed E-state index contributed by atoms with van der Waals surface area (Å²) in [6, 6.07) is 9.64. The van der Waals surface area contributed by atoms with Crippen LogP contribution in [0, 0.1) is 6.92 Å². The molecule has 2 aromatic rings. The molecule has 0 radical (unpaired) electrons. The zero-order valence-corrected chi connectivity index (χ0v) is 9.79. The Morgan fingerprint density at radius 1 is 1.35 bits per heavy atom. The number of nitrogens with zero attached hydrogens (tertiary/aromatic N) is 2. The molecule has 2 rings (SSSR count). The van der Waals surface area contributed by atoms with E-state index in [4.69, 9.17) is 5.11 Å². The average Bonchev–Trinajstić information content (AvgIpc) is 2.71. The molecule has 0 aliphatic carbocycles. The van der Waals surface area contributed by atoms with Gasteiger partial charge in [0.25, 0.3) is 0 Å². The molecule has 0 bridgehead atoms. The van der Waals surface area contributed by atoms with Crippen molar-refractivity contribution in [3.63, 3.8) is 0 Å². The molecule has 0 saturated carbocycles. The van der Waals surface area contributed by atoms with Crippen LogP contribution in [0.5, 0.6) is 0 Å². The van der Waals surface area contributed by atoms with Crippen LogP contribution in [-0.4, -0.2) is 20.9 Å². The van der Waals surface area contributed by atoms with E-state index in [1.165, 1.54) is 0 Å². The van der Waals surface area contributed by atoms with Gasteiger partial charge in [-0.25, -0.2) is 4.68 Å². The molecule has 88 valence electrons. The number of hydrogen-bond donors (Lipinski definition) is 1. The molecule has 1 aromatic heterocycles. The minimum atomic E-state index is -0.833. The number of para-hydroxylation sites is 1. The average molecular weight is 230 g/mol. The molecule has 0 amide bonds. The smallest absolute Gasteiger partial charge is 0.310 e. The molecule has 0 aliphatic heterocycles. The maximum atomic E-state index is 11.0. The number of aliphatic carboxylic acids is 1. The predicted octanol–water partition coefficient (Wildman–Crippen LogP) is 2.37. The first kappa shape index (κ1) is 11.4. The van der Waals surface area contributed by atoms with Gasteiger partial charge >= 0.3 is 5.97 Å². The van der Waals surface area contributed by atoms with Gasteiger partial charge in [0.15, 0.2) is 0 Å². The lowest BCUT2D eigenvalue weighted by molar-refractivity contribution is -0.138. The van der Waals surface area contributed by atoms with Gasteiger partial charge in [-0.1, -0.05) is 18.2 Å². The standard InChI is InChI=1S/C13H14N2O2/c1-9(13(16)17)12-8-15(14-10(12)2)11-6-4-3-5-7-11/h3-9H,1-2H3,(H,16,17). The van der Waals surface area contributed by atoms with E-state index in [0.29, 0.717) is 0 Å². The Balaban J connectivity index is 2.41. The fraction of sp³-hybridized carbons (Fsp3) is 0.231. The Kier molecular flexibility index (Phi) is 2.95. The van der Waals surface area contributed by atoms with E-state index in [-0.39, 0.29) is 0 Å². The molecule has 1 N–H and O–H groups in total. The number of carbonyl (C=O) groups is 1. The summed E-state index contributed by atoms with van der Waals surface area (Å²) in [6.07, 6.45) is 1.78. The largest absolute Gasteiger partial charge is 0.481 e. The van der Waals surface area contributed by atoms with Crippen molar-refractivity contribution in [2.24, 2.45) is 0 Å². The highest BCUT2D eigenvalue weighted by Gasteiger charge is 2.19. The third-order valence-electron chi connectivity index (χ3n) is 2.79. The van der Waals surface area contributed by atoms with E-state index < -0.39 is 11.9 Å². The van der Waals surface area contributed by atoms with Crippen molar-refractivity contribution in [1.82, 2.24) is 9.78 Å². The summed E-state index contributed by atoms with van der Waals surface area (Å²) < 4.78 is 1.71. The van der Waals surface area contributed by atoms with E-state index in [9.17, 15) is 4.79 Å². The van der Waals surface area contributed by atoms with Crippen LogP contribution in [-0.2, 0) is 4.79 Å². The maximum Gasteiger partial charge on any atom is 0.310 e. The zero-order chi connectivity index (χ0) is 12.4. The highest BCUT2D eigenvalue weighted by molar-refractivity contribution is 5.75. The fourth-order valence-corrected chi connectivity index (χ4v) is 1.74. The van der Waals surface area contributed by atoms with Crippen LogP contribution in [0.15, 0.2) is 36.5 Å². The van der Waals surface area contributed by atoms with Gasteiger partial charge in [-0.3, -0.25) is 4.79 Å². The van der Waals surface area contributed by atoms with Gasteiger partial charge in [0.05, 0.1) is 17.3 Å². The molecule has 0 aliphatic rings. The minimum absolute atomic E-state index is 0.535. The van der Waals surface area contributed by atoms with Crippen LogP contribution >= 0.6 is 0 Å². The number of aryl methyl sites for hydroxylation is 1. The van der Waals surface area contributed by atoms with Crippen LogP contribution in [0.1, 0.15) is 24.1 Å². The number of hydrogen-bond acceptors (Lipinski definition) is 2. The van der Waals surface area contributed by atoms with Gasteiger partial charge in [-0.15, -0.1) is 0 Å². The third-order valence-corrected chi connectivity index (χ3v) is 2.79. The predicted molar refractivity (Wildman–Crippen MR) is 64.4 cm³/mol. The molecule has 1 atom stereocenters. The number of carboxylic acid groups (broad SMARTS) is 1. The summed E-state index contributed by atoms with van der Waals surface area (Å²) in [5, 5.41) is 13.3. The number of benzene rings is 1. The molecule has 4 nitrogen and oxygen atoms in total. The molecule has 0 saturated heterocycles. The van der Waals surface area contributed by atoms with E-state index >= 15 is 0 Å². The van der Waals surface area contributed by atoms with E-state index in [2.05, 4.69) is 5.10 Å². The normalized spacial score (nSPS) is 12.4. The molecule has 17 heavy (non-hydrogen) atoms. The minimum Gasteiger partial charge on any atom is -0.481 e. The molecular weight excluding hydrogens is 216 g/mol. The van der Waals surface area contributed by atoms with Crippen molar-refractivity contribution in [2.45, 2.75) is 19.8 Å². The highest BCUT2D eigenvalue weighted by Crippen LogP contribution is 2.20. The summed E-state index contributed by atoms with van der Waals surface area (Å²) in [6.45, 7) is 3.50. The van der Waals surface area contributed by atoms with Gasteiger partial charge in [0.1, 0.15) is 0 Å². The second-order valence-electron chi connectivity index (χ2n) is 4.01. The Morgan fingerprint density at radius 3 is 2.59 bits per heavy atom. The molecule has 0 spiro atoms. The maximum absolute atomic E-state index is 11.0. The molecule has 1 unspecified atom stereocenters. The number of aromatic nitrogens is 2.